The fourth-order valence-electron chi connectivity index (χ4n) is 2.76. The molecule has 120 valence electrons. The topological polar surface area (TPSA) is 66.9 Å². The van der Waals surface area contributed by atoms with Crippen molar-refractivity contribution >= 4 is 27.5 Å². The summed E-state index contributed by atoms with van der Waals surface area (Å²) in [6.07, 6.45) is 0. The minimum atomic E-state index is -0.378. The first-order valence-electron chi connectivity index (χ1n) is 7.86. The molecule has 0 aromatic heterocycles. The SMILES string of the molecule is N#Cc1cccc2ccccc12.NC(=O)c1cccc2ccccc12. The highest BCUT2D eigenvalue weighted by Gasteiger charge is 2.03. The molecule has 0 fully saturated rings. The zero-order valence-corrected chi connectivity index (χ0v) is 13.5. The Kier molecular flexibility index (Phi) is 4.73. The van der Waals surface area contributed by atoms with E-state index in [4.69, 9.17) is 11.0 Å². The molecule has 0 saturated heterocycles. The standard InChI is InChI=1S/C11H9NO.C11H7N/c12-11(13)10-7-3-5-8-4-1-2-6-9(8)10;12-8-10-6-3-5-9-4-1-2-7-11(9)10/h1-7H,(H2,12,13);1-7H. The highest BCUT2D eigenvalue weighted by molar-refractivity contribution is 6.06. The van der Waals surface area contributed by atoms with Gasteiger partial charge in [-0.1, -0.05) is 72.8 Å². The number of carbonyl (C=O) groups excluding carboxylic acids is 1. The predicted octanol–water partition coefficient (Wildman–Crippen LogP) is 4.65. The Morgan fingerprint density at radius 1 is 0.720 bits per heavy atom. The minimum Gasteiger partial charge on any atom is -0.366 e. The van der Waals surface area contributed by atoms with Crippen LogP contribution in [0, 0.1) is 11.3 Å². The van der Waals surface area contributed by atoms with Crippen molar-refractivity contribution in [2.24, 2.45) is 5.73 Å². The van der Waals surface area contributed by atoms with Gasteiger partial charge in [0.15, 0.2) is 0 Å². The molecule has 0 atom stereocenters. The molecule has 1 amide bonds. The molecule has 3 nitrogen and oxygen atoms in total. The van der Waals surface area contributed by atoms with Crippen molar-refractivity contribution in [3.8, 4) is 6.07 Å². The summed E-state index contributed by atoms with van der Waals surface area (Å²) in [5.74, 6) is -0.378. The van der Waals surface area contributed by atoms with E-state index in [0.717, 1.165) is 27.1 Å². The number of fused-ring (bicyclic) bond motifs is 2. The molecular weight excluding hydrogens is 308 g/mol. The van der Waals surface area contributed by atoms with E-state index in [0.29, 0.717) is 5.56 Å². The molecule has 0 radical (unpaired) electrons. The van der Waals surface area contributed by atoms with Crippen molar-refractivity contribution in [3.05, 3.63) is 96.1 Å². The molecule has 2 N–H and O–H groups in total. The monoisotopic (exact) mass is 324 g/mol. The molecule has 0 bridgehead atoms. The van der Waals surface area contributed by atoms with E-state index in [2.05, 4.69) is 6.07 Å². The van der Waals surface area contributed by atoms with Crippen molar-refractivity contribution in [2.45, 2.75) is 0 Å². The third-order valence-corrected chi connectivity index (χ3v) is 3.97. The van der Waals surface area contributed by atoms with Crippen molar-refractivity contribution < 1.29 is 4.79 Å². The molecule has 0 aliphatic carbocycles. The number of nitriles is 1. The maximum Gasteiger partial charge on any atom is 0.249 e. The summed E-state index contributed by atoms with van der Waals surface area (Å²) in [4.78, 5) is 11.0. The van der Waals surface area contributed by atoms with E-state index in [1.54, 1.807) is 6.07 Å². The quantitative estimate of drug-likeness (QED) is 0.554. The van der Waals surface area contributed by atoms with Gasteiger partial charge >= 0.3 is 0 Å². The lowest BCUT2D eigenvalue weighted by molar-refractivity contribution is 0.100. The zero-order valence-electron chi connectivity index (χ0n) is 13.5. The van der Waals surface area contributed by atoms with Crippen LogP contribution in [0.1, 0.15) is 15.9 Å². The van der Waals surface area contributed by atoms with Crippen LogP contribution in [0.3, 0.4) is 0 Å². The Morgan fingerprint density at radius 3 is 1.88 bits per heavy atom. The van der Waals surface area contributed by atoms with Crippen LogP contribution in [0.5, 0.6) is 0 Å². The van der Waals surface area contributed by atoms with E-state index in [-0.39, 0.29) is 5.91 Å². The Labute approximate surface area is 145 Å². The van der Waals surface area contributed by atoms with Crippen molar-refractivity contribution in [2.75, 3.05) is 0 Å². The molecule has 25 heavy (non-hydrogen) atoms. The van der Waals surface area contributed by atoms with E-state index >= 15 is 0 Å². The van der Waals surface area contributed by atoms with Crippen LogP contribution in [0.4, 0.5) is 0 Å². The first-order chi connectivity index (χ1) is 12.2. The number of benzene rings is 4. The maximum absolute atomic E-state index is 11.0. The molecule has 4 aromatic rings. The van der Waals surface area contributed by atoms with Crippen LogP contribution >= 0.6 is 0 Å². The van der Waals surface area contributed by atoms with Gasteiger partial charge in [-0.15, -0.1) is 0 Å². The summed E-state index contributed by atoms with van der Waals surface area (Å²) in [7, 11) is 0. The summed E-state index contributed by atoms with van der Waals surface area (Å²) >= 11 is 0. The van der Waals surface area contributed by atoms with Gasteiger partial charge in [0, 0.05) is 5.56 Å². The van der Waals surface area contributed by atoms with Gasteiger partial charge in [0.2, 0.25) is 5.91 Å². The normalized spacial score (nSPS) is 9.88. The number of rotatable bonds is 1. The van der Waals surface area contributed by atoms with Gasteiger partial charge in [-0.2, -0.15) is 5.26 Å². The number of primary amides is 1. The molecule has 4 aromatic carbocycles. The molecular formula is C22H16N2O. The van der Waals surface area contributed by atoms with E-state index < -0.39 is 0 Å². The van der Waals surface area contributed by atoms with Crippen LogP contribution in [-0.4, -0.2) is 5.91 Å². The van der Waals surface area contributed by atoms with Crippen LogP contribution in [-0.2, 0) is 0 Å². The van der Waals surface area contributed by atoms with Crippen molar-refractivity contribution in [1.29, 1.82) is 5.26 Å². The molecule has 0 saturated carbocycles. The smallest absolute Gasteiger partial charge is 0.249 e. The maximum atomic E-state index is 11.0. The number of nitrogens with zero attached hydrogens (tertiary/aromatic N) is 1. The molecule has 0 unspecified atom stereocenters. The largest absolute Gasteiger partial charge is 0.366 e. The lowest BCUT2D eigenvalue weighted by Gasteiger charge is -2.01. The Hall–Kier alpha value is -3.64. The second-order valence-corrected chi connectivity index (χ2v) is 5.53. The van der Waals surface area contributed by atoms with Crippen molar-refractivity contribution in [1.82, 2.24) is 0 Å². The Bertz CT molecular complexity index is 1080. The highest BCUT2D eigenvalue weighted by atomic mass is 16.1. The number of carbonyl (C=O) groups is 1. The van der Waals surface area contributed by atoms with Gasteiger partial charge in [-0.3, -0.25) is 4.79 Å². The highest BCUT2D eigenvalue weighted by Crippen LogP contribution is 2.18. The van der Waals surface area contributed by atoms with E-state index in [9.17, 15) is 4.79 Å². The first kappa shape index (κ1) is 16.2. The average molecular weight is 324 g/mol. The van der Waals surface area contributed by atoms with Gasteiger partial charge in [0.1, 0.15) is 0 Å². The average Bonchev–Trinajstić information content (AvgIpc) is 2.67. The molecule has 0 heterocycles. The summed E-state index contributed by atoms with van der Waals surface area (Å²) in [6.45, 7) is 0. The van der Waals surface area contributed by atoms with Crippen LogP contribution in [0.15, 0.2) is 84.9 Å². The van der Waals surface area contributed by atoms with Gasteiger partial charge in [0.05, 0.1) is 11.6 Å². The van der Waals surface area contributed by atoms with Crippen LogP contribution in [0.25, 0.3) is 21.5 Å². The fraction of sp³-hybridized carbons (Fsp3) is 0. The molecule has 0 aliphatic rings. The second kappa shape index (κ2) is 7.29. The molecule has 4 rings (SSSR count). The number of nitrogens with two attached hydrogens (primary N) is 1. The second-order valence-electron chi connectivity index (χ2n) is 5.53. The first-order valence-corrected chi connectivity index (χ1v) is 7.86. The van der Waals surface area contributed by atoms with Gasteiger partial charge < -0.3 is 5.73 Å². The third-order valence-electron chi connectivity index (χ3n) is 3.97. The van der Waals surface area contributed by atoms with E-state index in [1.165, 1.54) is 0 Å². The number of hydrogen-bond acceptors (Lipinski definition) is 2. The summed E-state index contributed by atoms with van der Waals surface area (Å²) in [5, 5.41) is 12.9. The molecule has 0 spiro atoms. The summed E-state index contributed by atoms with van der Waals surface area (Å²) in [6, 6.07) is 29.0. The van der Waals surface area contributed by atoms with Crippen LogP contribution in [0.2, 0.25) is 0 Å². The number of amides is 1. The summed E-state index contributed by atoms with van der Waals surface area (Å²) in [5.41, 5.74) is 6.57. The van der Waals surface area contributed by atoms with Gasteiger partial charge in [0.25, 0.3) is 0 Å². The van der Waals surface area contributed by atoms with Gasteiger partial charge in [-0.25, -0.2) is 0 Å². The molecule has 3 heteroatoms. The van der Waals surface area contributed by atoms with Crippen molar-refractivity contribution in [3.63, 3.8) is 0 Å². The van der Waals surface area contributed by atoms with E-state index in [1.807, 2.05) is 78.9 Å². The Morgan fingerprint density at radius 2 is 1.24 bits per heavy atom. The fourth-order valence-corrected chi connectivity index (χ4v) is 2.76. The predicted molar refractivity (Wildman–Crippen MR) is 101 cm³/mol. The minimum absolute atomic E-state index is 0.378. The van der Waals surface area contributed by atoms with Crippen LogP contribution < -0.4 is 5.73 Å². The zero-order chi connectivity index (χ0) is 17.6. The summed E-state index contributed by atoms with van der Waals surface area (Å²) < 4.78 is 0. The number of hydrogen-bond donors (Lipinski definition) is 1. The lowest BCUT2D eigenvalue weighted by Crippen LogP contribution is -2.11. The van der Waals surface area contributed by atoms with Gasteiger partial charge in [-0.05, 0) is 33.7 Å². The lowest BCUT2D eigenvalue weighted by atomic mass is 10.0. The Balaban J connectivity index is 0.000000146. The molecule has 0 aliphatic heterocycles. The third kappa shape index (κ3) is 3.49.